The van der Waals surface area contributed by atoms with Crippen LogP contribution in [0.15, 0.2) is 23.1 Å². The van der Waals surface area contributed by atoms with Crippen molar-refractivity contribution >= 4 is 21.6 Å². The lowest BCUT2D eigenvalue weighted by molar-refractivity contribution is 0.257. The molecule has 0 aliphatic heterocycles. The SMILES string of the molecule is CCC(C)(C)N(C)S(=O)(=O)c1ccc(OC)c(CCl)c1. The van der Waals surface area contributed by atoms with Crippen molar-refractivity contribution in [2.45, 2.75) is 43.5 Å². The minimum absolute atomic E-state index is 0.202. The van der Waals surface area contributed by atoms with E-state index in [-0.39, 0.29) is 10.8 Å². The van der Waals surface area contributed by atoms with Crippen LogP contribution in [-0.4, -0.2) is 32.4 Å². The van der Waals surface area contributed by atoms with Gasteiger partial charge in [0.25, 0.3) is 0 Å². The molecule has 0 radical (unpaired) electrons. The van der Waals surface area contributed by atoms with Crippen LogP contribution in [0.1, 0.15) is 32.8 Å². The molecular weight excluding hydrogens is 298 g/mol. The molecule has 4 nitrogen and oxygen atoms in total. The van der Waals surface area contributed by atoms with Gasteiger partial charge in [-0.3, -0.25) is 0 Å². The molecule has 0 heterocycles. The number of alkyl halides is 1. The average molecular weight is 320 g/mol. The standard InChI is InChI=1S/C14H22ClNO3S/c1-6-14(2,3)16(4)20(17,18)12-7-8-13(19-5)11(9-12)10-15/h7-9H,6,10H2,1-5H3. The number of halogens is 1. The zero-order chi connectivity index (χ0) is 15.6. The summed E-state index contributed by atoms with van der Waals surface area (Å²) in [5.41, 5.74) is 0.220. The van der Waals surface area contributed by atoms with Crippen molar-refractivity contribution in [2.24, 2.45) is 0 Å². The van der Waals surface area contributed by atoms with Crippen LogP contribution >= 0.6 is 11.6 Å². The molecule has 6 heteroatoms. The van der Waals surface area contributed by atoms with E-state index in [2.05, 4.69) is 0 Å². The first-order chi connectivity index (χ1) is 9.20. The fourth-order valence-corrected chi connectivity index (χ4v) is 3.56. The van der Waals surface area contributed by atoms with E-state index in [1.54, 1.807) is 25.2 Å². The van der Waals surface area contributed by atoms with Gasteiger partial charge in [-0.25, -0.2) is 8.42 Å². The maximum Gasteiger partial charge on any atom is 0.243 e. The summed E-state index contributed by atoms with van der Waals surface area (Å²) in [6.07, 6.45) is 0.723. The maximum absolute atomic E-state index is 12.6. The Morgan fingerprint density at radius 3 is 2.40 bits per heavy atom. The molecule has 0 fully saturated rings. The Hall–Kier alpha value is -0.780. The monoisotopic (exact) mass is 319 g/mol. The Kier molecular flexibility index (Phi) is 5.46. The highest BCUT2D eigenvalue weighted by Crippen LogP contribution is 2.29. The first kappa shape index (κ1) is 17.3. The Bertz CT molecular complexity index is 570. The second kappa shape index (κ2) is 6.33. The molecule has 114 valence electrons. The predicted molar refractivity (Wildman–Crippen MR) is 81.9 cm³/mol. The molecule has 0 aliphatic rings. The van der Waals surface area contributed by atoms with Crippen molar-refractivity contribution in [1.82, 2.24) is 4.31 Å². The second-order valence-corrected chi connectivity index (χ2v) is 7.48. The van der Waals surface area contributed by atoms with E-state index in [0.717, 1.165) is 6.42 Å². The van der Waals surface area contributed by atoms with Crippen LogP contribution < -0.4 is 4.74 Å². The Morgan fingerprint density at radius 1 is 1.35 bits per heavy atom. The molecule has 0 N–H and O–H groups in total. The topological polar surface area (TPSA) is 46.6 Å². The zero-order valence-corrected chi connectivity index (χ0v) is 14.2. The van der Waals surface area contributed by atoms with Gasteiger partial charge in [0.1, 0.15) is 5.75 Å². The summed E-state index contributed by atoms with van der Waals surface area (Å²) in [4.78, 5) is 0.234. The third-order valence-electron chi connectivity index (χ3n) is 3.77. The van der Waals surface area contributed by atoms with E-state index in [0.29, 0.717) is 11.3 Å². The minimum atomic E-state index is -3.55. The lowest BCUT2D eigenvalue weighted by Gasteiger charge is -2.33. The van der Waals surface area contributed by atoms with Crippen LogP contribution in [0.5, 0.6) is 5.75 Å². The molecule has 1 aromatic rings. The average Bonchev–Trinajstić information content (AvgIpc) is 2.45. The first-order valence-electron chi connectivity index (χ1n) is 6.42. The van der Waals surface area contributed by atoms with Crippen LogP contribution in [-0.2, 0) is 15.9 Å². The third-order valence-corrected chi connectivity index (χ3v) is 6.12. The summed E-state index contributed by atoms with van der Waals surface area (Å²) in [5, 5.41) is 0. The molecule has 20 heavy (non-hydrogen) atoms. The summed E-state index contributed by atoms with van der Waals surface area (Å²) in [6.45, 7) is 5.76. The molecule has 0 unspecified atom stereocenters. The van der Waals surface area contributed by atoms with E-state index in [4.69, 9.17) is 16.3 Å². The van der Waals surface area contributed by atoms with Gasteiger partial charge >= 0.3 is 0 Å². The van der Waals surface area contributed by atoms with Gasteiger partial charge in [0, 0.05) is 18.2 Å². The lowest BCUT2D eigenvalue weighted by Crippen LogP contribution is -2.44. The van der Waals surface area contributed by atoms with Gasteiger partial charge in [0.2, 0.25) is 10.0 Å². The third kappa shape index (κ3) is 3.27. The number of benzene rings is 1. The van der Waals surface area contributed by atoms with Gasteiger partial charge in [-0.15, -0.1) is 11.6 Å². The zero-order valence-electron chi connectivity index (χ0n) is 12.6. The molecule has 0 spiro atoms. The van der Waals surface area contributed by atoms with Crippen molar-refractivity contribution in [1.29, 1.82) is 0 Å². The predicted octanol–water partition coefficient (Wildman–Crippen LogP) is 3.24. The molecule has 0 saturated carbocycles. The maximum atomic E-state index is 12.6. The molecule has 0 aromatic heterocycles. The summed E-state index contributed by atoms with van der Waals surface area (Å²) in [5.74, 6) is 0.796. The van der Waals surface area contributed by atoms with Crippen molar-refractivity contribution in [3.05, 3.63) is 23.8 Å². The molecular formula is C14H22ClNO3S. The lowest BCUT2D eigenvalue weighted by atomic mass is 10.0. The molecule has 0 atom stereocenters. The number of ether oxygens (including phenoxy) is 1. The summed E-state index contributed by atoms with van der Waals surface area (Å²) >= 11 is 5.84. The van der Waals surface area contributed by atoms with Crippen molar-refractivity contribution in [3.63, 3.8) is 0 Å². The molecule has 0 bridgehead atoms. The van der Waals surface area contributed by atoms with Gasteiger partial charge in [-0.1, -0.05) is 6.92 Å². The van der Waals surface area contributed by atoms with Crippen molar-refractivity contribution in [2.75, 3.05) is 14.2 Å². The number of hydrogen-bond acceptors (Lipinski definition) is 3. The van der Waals surface area contributed by atoms with E-state index in [1.165, 1.54) is 11.4 Å². The highest BCUT2D eigenvalue weighted by molar-refractivity contribution is 7.89. The second-order valence-electron chi connectivity index (χ2n) is 5.25. The van der Waals surface area contributed by atoms with E-state index in [9.17, 15) is 8.42 Å². The summed E-state index contributed by atoms with van der Waals surface area (Å²) in [7, 11) is -0.413. The molecule has 0 amide bonds. The largest absolute Gasteiger partial charge is 0.496 e. The number of methoxy groups -OCH3 is 1. The number of nitrogens with zero attached hydrogens (tertiary/aromatic N) is 1. The normalized spacial score (nSPS) is 12.8. The molecule has 1 aromatic carbocycles. The van der Waals surface area contributed by atoms with E-state index in [1.807, 2.05) is 20.8 Å². The number of rotatable bonds is 6. The Balaban J connectivity index is 3.29. The van der Waals surface area contributed by atoms with Gasteiger partial charge in [-0.05, 0) is 38.5 Å². The highest BCUT2D eigenvalue weighted by Gasteiger charge is 2.32. The van der Waals surface area contributed by atoms with Crippen LogP contribution in [0.4, 0.5) is 0 Å². The van der Waals surface area contributed by atoms with E-state index >= 15 is 0 Å². The quantitative estimate of drug-likeness (QED) is 0.756. The summed E-state index contributed by atoms with van der Waals surface area (Å²) < 4.78 is 31.9. The van der Waals surface area contributed by atoms with Gasteiger partial charge in [0.05, 0.1) is 17.9 Å². The number of hydrogen-bond donors (Lipinski definition) is 0. The smallest absolute Gasteiger partial charge is 0.243 e. The van der Waals surface area contributed by atoms with E-state index < -0.39 is 15.6 Å². The van der Waals surface area contributed by atoms with Crippen LogP contribution in [0.2, 0.25) is 0 Å². The fourth-order valence-electron chi connectivity index (χ4n) is 1.73. The number of sulfonamides is 1. The molecule has 1 rings (SSSR count). The summed E-state index contributed by atoms with van der Waals surface area (Å²) in [6, 6.07) is 4.76. The molecule has 0 saturated heterocycles. The van der Waals surface area contributed by atoms with Crippen molar-refractivity contribution < 1.29 is 13.2 Å². The molecule has 0 aliphatic carbocycles. The van der Waals surface area contributed by atoms with Crippen LogP contribution in [0.25, 0.3) is 0 Å². The first-order valence-corrected chi connectivity index (χ1v) is 8.40. The van der Waals surface area contributed by atoms with Crippen molar-refractivity contribution in [3.8, 4) is 5.75 Å². The Morgan fingerprint density at radius 2 is 1.95 bits per heavy atom. The fraction of sp³-hybridized carbons (Fsp3) is 0.571. The van der Waals surface area contributed by atoms with Gasteiger partial charge in [0.15, 0.2) is 0 Å². The minimum Gasteiger partial charge on any atom is -0.496 e. The van der Waals surface area contributed by atoms with Gasteiger partial charge < -0.3 is 4.74 Å². The Labute approximate surface area is 126 Å². The van der Waals surface area contributed by atoms with Crippen LogP contribution in [0.3, 0.4) is 0 Å². The highest BCUT2D eigenvalue weighted by atomic mass is 35.5. The van der Waals surface area contributed by atoms with Crippen LogP contribution in [0, 0.1) is 0 Å². The van der Waals surface area contributed by atoms with Gasteiger partial charge in [-0.2, -0.15) is 4.31 Å².